The van der Waals surface area contributed by atoms with E-state index < -0.39 is 0 Å². The van der Waals surface area contributed by atoms with E-state index in [2.05, 4.69) is 10.4 Å². The molecule has 1 aromatic rings. The zero-order valence-corrected chi connectivity index (χ0v) is 13.0. The first kappa shape index (κ1) is 15.2. The highest BCUT2D eigenvalue weighted by atomic mass is 35.5. The molecule has 1 N–H and O–H groups in total. The highest BCUT2D eigenvalue weighted by Gasteiger charge is 2.32. The Kier molecular flexibility index (Phi) is 4.57. The van der Waals surface area contributed by atoms with Crippen molar-refractivity contribution in [2.45, 2.75) is 19.2 Å². The minimum Gasteiger partial charge on any atom is -0.304 e. The predicted octanol–water partition coefficient (Wildman–Crippen LogP) is 2.99. The fourth-order valence-corrected chi connectivity index (χ4v) is 3.08. The third kappa shape index (κ3) is 3.26. The van der Waals surface area contributed by atoms with Crippen LogP contribution in [0.2, 0.25) is 10.0 Å². The number of carbonyl (C=O) groups excluding carboxylic acids is 2. The van der Waals surface area contributed by atoms with Crippen molar-refractivity contribution < 1.29 is 9.59 Å². The van der Waals surface area contributed by atoms with E-state index in [-0.39, 0.29) is 17.2 Å². The Morgan fingerprint density at radius 2 is 2.00 bits per heavy atom. The number of nitrogens with zero attached hydrogens (tertiary/aromatic N) is 2. The van der Waals surface area contributed by atoms with Crippen LogP contribution in [0.4, 0.5) is 0 Å². The largest absolute Gasteiger partial charge is 0.304 e. The number of halogens is 2. The minimum absolute atomic E-state index is 0.228. The van der Waals surface area contributed by atoms with E-state index >= 15 is 0 Å². The molecule has 5 nitrogen and oxygen atoms in total. The Bertz CT molecular complexity index is 606. The number of benzene rings is 1. The molecule has 0 saturated heterocycles. The number of thioether (sulfide) groups is 1. The highest BCUT2D eigenvalue weighted by Crippen LogP contribution is 2.40. The van der Waals surface area contributed by atoms with Crippen LogP contribution in [0.15, 0.2) is 23.3 Å². The Morgan fingerprint density at radius 1 is 1.30 bits per heavy atom. The van der Waals surface area contributed by atoms with Crippen molar-refractivity contribution in [3.63, 3.8) is 0 Å². The van der Waals surface area contributed by atoms with Gasteiger partial charge in [-0.15, -0.1) is 5.10 Å². The van der Waals surface area contributed by atoms with Gasteiger partial charge in [0, 0.05) is 13.8 Å². The molecule has 0 unspecified atom stereocenters. The maximum Gasteiger partial charge on any atom is 0.241 e. The van der Waals surface area contributed by atoms with Gasteiger partial charge >= 0.3 is 0 Å². The molecule has 2 amide bonds. The summed E-state index contributed by atoms with van der Waals surface area (Å²) in [6.45, 7) is 2.79. The van der Waals surface area contributed by atoms with Gasteiger partial charge < -0.3 is 5.32 Å². The van der Waals surface area contributed by atoms with Crippen LogP contribution in [-0.2, 0) is 9.59 Å². The zero-order valence-electron chi connectivity index (χ0n) is 10.7. The van der Waals surface area contributed by atoms with Gasteiger partial charge in [-0.2, -0.15) is 0 Å². The molecule has 106 valence electrons. The number of rotatable bonds is 1. The Hall–Kier alpha value is -1.24. The average molecular weight is 332 g/mol. The van der Waals surface area contributed by atoms with Crippen molar-refractivity contribution >= 4 is 51.9 Å². The molecule has 0 aliphatic carbocycles. The van der Waals surface area contributed by atoms with Crippen molar-refractivity contribution in [3.8, 4) is 0 Å². The third-order valence-corrected chi connectivity index (χ3v) is 4.32. The number of amidine groups is 1. The maximum absolute atomic E-state index is 11.6. The number of amides is 2. The molecule has 0 aromatic heterocycles. The van der Waals surface area contributed by atoms with E-state index in [4.69, 9.17) is 23.2 Å². The van der Waals surface area contributed by atoms with E-state index in [1.807, 2.05) is 0 Å². The summed E-state index contributed by atoms with van der Waals surface area (Å²) in [5.41, 5.74) is 0.781. The van der Waals surface area contributed by atoms with Gasteiger partial charge in [-0.1, -0.05) is 41.0 Å². The summed E-state index contributed by atoms with van der Waals surface area (Å²) >= 11 is 13.1. The lowest BCUT2D eigenvalue weighted by Crippen LogP contribution is -2.25. The van der Waals surface area contributed by atoms with Gasteiger partial charge in [-0.3, -0.25) is 9.59 Å². The number of hydrogen-bond donors (Lipinski definition) is 1. The van der Waals surface area contributed by atoms with Gasteiger partial charge in [0.15, 0.2) is 5.17 Å². The van der Waals surface area contributed by atoms with Crippen molar-refractivity contribution in [3.05, 3.63) is 33.8 Å². The molecule has 1 heterocycles. The van der Waals surface area contributed by atoms with E-state index in [0.29, 0.717) is 15.2 Å². The van der Waals surface area contributed by atoms with Crippen LogP contribution in [0.3, 0.4) is 0 Å². The van der Waals surface area contributed by atoms with Gasteiger partial charge in [-0.05, 0) is 17.7 Å². The maximum atomic E-state index is 11.6. The van der Waals surface area contributed by atoms with Crippen LogP contribution >= 0.6 is 35.0 Å². The van der Waals surface area contributed by atoms with Crippen LogP contribution in [0.1, 0.15) is 24.8 Å². The molecule has 2 rings (SSSR count). The molecule has 1 atom stereocenters. The van der Waals surface area contributed by atoms with Gasteiger partial charge in [0.25, 0.3) is 0 Å². The molecular formula is C12H11Cl2N3O2S. The summed E-state index contributed by atoms with van der Waals surface area (Å²) in [6.07, 6.45) is 0. The summed E-state index contributed by atoms with van der Waals surface area (Å²) in [5.74, 6) is -0.469. The quantitative estimate of drug-likeness (QED) is 0.860. The third-order valence-electron chi connectivity index (χ3n) is 2.48. The van der Waals surface area contributed by atoms with Crippen LogP contribution < -0.4 is 5.32 Å². The lowest BCUT2D eigenvalue weighted by Gasteiger charge is -2.19. The fourth-order valence-electron chi connectivity index (χ4n) is 1.65. The molecule has 0 bridgehead atoms. The summed E-state index contributed by atoms with van der Waals surface area (Å²) in [5, 5.41) is 8.82. The van der Waals surface area contributed by atoms with Crippen LogP contribution in [0.5, 0.6) is 0 Å². The van der Waals surface area contributed by atoms with Crippen molar-refractivity contribution in [1.82, 2.24) is 10.3 Å². The first-order chi connectivity index (χ1) is 9.38. The minimum atomic E-state index is -0.371. The molecule has 1 aliphatic heterocycles. The second kappa shape index (κ2) is 6.03. The number of carbonyl (C=O) groups is 2. The first-order valence-electron chi connectivity index (χ1n) is 5.66. The van der Waals surface area contributed by atoms with Crippen molar-refractivity contribution in [2.24, 2.45) is 5.10 Å². The summed E-state index contributed by atoms with van der Waals surface area (Å²) < 4.78 is 0. The topological polar surface area (TPSA) is 61.8 Å². The summed E-state index contributed by atoms with van der Waals surface area (Å²) in [6, 6.07) is 5.12. The van der Waals surface area contributed by atoms with Crippen LogP contribution in [-0.4, -0.2) is 22.0 Å². The second-order valence-corrected chi connectivity index (χ2v) is 5.98. The molecule has 8 heteroatoms. The Balaban J connectivity index is 2.29. The lowest BCUT2D eigenvalue weighted by atomic mass is 10.2. The zero-order chi connectivity index (χ0) is 14.9. The number of hydrazone groups is 1. The second-order valence-electron chi connectivity index (χ2n) is 4.09. The van der Waals surface area contributed by atoms with E-state index in [1.54, 1.807) is 18.2 Å². The SMILES string of the molecule is CC(=O)NC1=NN(C(C)=O)[C@H](c2ccc(Cl)c(Cl)c2)S1. The van der Waals surface area contributed by atoms with Crippen LogP contribution in [0, 0.1) is 0 Å². The standard InChI is InChI=1S/C12H11Cl2N3O2S/c1-6(18)15-12-16-17(7(2)19)11(20-12)8-3-4-9(13)10(14)5-8/h3-5,11H,1-2H3,(H,15,16,18)/t11-/m0/s1. The smallest absolute Gasteiger partial charge is 0.241 e. The molecule has 0 saturated carbocycles. The van der Waals surface area contributed by atoms with Gasteiger partial charge in [0.05, 0.1) is 10.0 Å². The van der Waals surface area contributed by atoms with Crippen molar-refractivity contribution in [1.29, 1.82) is 0 Å². The summed E-state index contributed by atoms with van der Waals surface area (Å²) in [7, 11) is 0. The van der Waals surface area contributed by atoms with E-state index in [0.717, 1.165) is 5.56 Å². The van der Waals surface area contributed by atoms with Gasteiger partial charge in [0.2, 0.25) is 11.8 Å². The fraction of sp³-hybridized carbons (Fsp3) is 0.250. The van der Waals surface area contributed by atoms with Gasteiger partial charge in [0.1, 0.15) is 5.37 Å². The Labute approximate surface area is 130 Å². The number of hydrogen-bond acceptors (Lipinski definition) is 4. The lowest BCUT2D eigenvalue weighted by molar-refractivity contribution is -0.129. The van der Waals surface area contributed by atoms with Crippen molar-refractivity contribution in [2.75, 3.05) is 0 Å². The summed E-state index contributed by atoms with van der Waals surface area (Å²) in [4.78, 5) is 22.7. The average Bonchev–Trinajstić information content (AvgIpc) is 2.76. The molecule has 1 aromatic carbocycles. The molecular weight excluding hydrogens is 321 g/mol. The molecule has 0 spiro atoms. The first-order valence-corrected chi connectivity index (χ1v) is 7.29. The predicted molar refractivity (Wildman–Crippen MR) is 80.6 cm³/mol. The molecule has 0 fully saturated rings. The molecule has 1 aliphatic rings. The van der Waals surface area contributed by atoms with E-state index in [9.17, 15) is 9.59 Å². The Morgan fingerprint density at radius 3 is 2.55 bits per heavy atom. The molecule has 0 radical (unpaired) electrons. The van der Waals surface area contributed by atoms with Crippen LogP contribution in [0.25, 0.3) is 0 Å². The number of nitrogens with one attached hydrogen (secondary N) is 1. The normalized spacial score (nSPS) is 17.9. The monoisotopic (exact) mass is 331 g/mol. The highest BCUT2D eigenvalue weighted by molar-refractivity contribution is 8.14. The van der Waals surface area contributed by atoms with Gasteiger partial charge in [-0.25, -0.2) is 5.01 Å². The molecule has 20 heavy (non-hydrogen) atoms. The van der Waals surface area contributed by atoms with E-state index in [1.165, 1.54) is 30.6 Å².